The zero-order valence-corrected chi connectivity index (χ0v) is 13.4. The van der Waals surface area contributed by atoms with E-state index in [0.717, 1.165) is 23.1 Å². The Kier molecular flexibility index (Phi) is 3.30. The summed E-state index contributed by atoms with van der Waals surface area (Å²) in [7, 11) is 1.58. The van der Waals surface area contributed by atoms with Gasteiger partial charge in [-0.15, -0.1) is 0 Å². The summed E-state index contributed by atoms with van der Waals surface area (Å²) in [5.74, 6) is 0.657. The number of rotatable bonds is 2. The van der Waals surface area contributed by atoms with Crippen LogP contribution in [-0.4, -0.2) is 19.1 Å². The van der Waals surface area contributed by atoms with Gasteiger partial charge in [-0.05, 0) is 43.3 Å². The Morgan fingerprint density at radius 1 is 1.21 bits per heavy atom. The molecule has 1 atom stereocenters. The maximum absolute atomic E-state index is 13.2. The molecule has 1 unspecified atom stereocenters. The Hall–Kier alpha value is -2.82. The zero-order chi connectivity index (χ0) is 16.8. The third-order valence-corrected chi connectivity index (χ3v) is 4.30. The first-order valence-corrected chi connectivity index (χ1v) is 7.81. The van der Waals surface area contributed by atoms with Gasteiger partial charge in [-0.2, -0.15) is 0 Å². The minimum absolute atomic E-state index is 0.0623. The van der Waals surface area contributed by atoms with Gasteiger partial charge >= 0.3 is 0 Å². The molecule has 0 aliphatic carbocycles. The van der Waals surface area contributed by atoms with Crippen LogP contribution in [0.3, 0.4) is 0 Å². The molecule has 0 bridgehead atoms. The maximum Gasteiger partial charge on any atom is 0.255 e. The number of fused-ring (bicyclic) bond motifs is 3. The molecule has 1 aromatic heterocycles. The van der Waals surface area contributed by atoms with Crippen LogP contribution in [0.25, 0.3) is 22.3 Å². The molecular weight excluding hydrogens is 309 g/mol. The number of hydrogen-bond acceptors (Lipinski definition) is 3. The quantitative estimate of drug-likeness (QED) is 0.777. The minimum atomic E-state index is -0.334. The summed E-state index contributed by atoms with van der Waals surface area (Å²) < 4.78 is 25.0. The summed E-state index contributed by atoms with van der Waals surface area (Å²) in [6, 6.07) is 9.60. The van der Waals surface area contributed by atoms with E-state index in [0.29, 0.717) is 22.5 Å². The van der Waals surface area contributed by atoms with Crippen molar-refractivity contribution in [3.8, 4) is 17.1 Å². The fourth-order valence-electron chi connectivity index (χ4n) is 3.25. The van der Waals surface area contributed by atoms with Gasteiger partial charge < -0.3 is 14.5 Å². The Bertz CT molecular complexity index is 943. The summed E-state index contributed by atoms with van der Waals surface area (Å²) in [5.41, 5.74) is 2.74. The second-order valence-corrected chi connectivity index (χ2v) is 5.94. The summed E-state index contributed by atoms with van der Waals surface area (Å²) in [6.07, 6.45) is 0.784. The number of nitrogens with one attached hydrogen (secondary N) is 1. The van der Waals surface area contributed by atoms with Gasteiger partial charge in [0.05, 0.1) is 5.56 Å². The highest BCUT2D eigenvalue weighted by molar-refractivity contribution is 6.12. The van der Waals surface area contributed by atoms with Gasteiger partial charge in [0.15, 0.2) is 0 Å². The van der Waals surface area contributed by atoms with E-state index < -0.39 is 0 Å². The van der Waals surface area contributed by atoms with E-state index in [-0.39, 0.29) is 17.8 Å². The molecule has 0 saturated heterocycles. The van der Waals surface area contributed by atoms with Crippen molar-refractivity contribution in [2.24, 2.45) is 0 Å². The van der Waals surface area contributed by atoms with Gasteiger partial charge in [-0.25, -0.2) is 4.39 Å². The van der Waals surface area contributed by atoms with Crippen molar-refractivity contribution in [1.82, 2.24) is 5.32 Å². The first kappa shape index (κ1) is 14.8. The van der Waals surface area contributed by atoms with Crippen LogP contribution >= 0.6 is 0 Å². The topological polar surface area (TPSA) is 51.5 Å². The highest BCUT2D eigenvalue weighted by Gasteiger charge is 2.29. The number of furan rings is 1. The predicted octanol–water partition coefficient (Wildman–Crippen LogP) is 3.92. The van der Waals surface area contributed by atoms with Crippen molar-refractivity contribution >= 4 is 16.9 Å². The Labute approximate surface area is 138 Å². The SMILES string of the molecule is CNC(=O)c1c(-c2ccc(F)cc2)oc2ccc3c(c12)CC(C)O3. The van der Waals surface area contributed by atoms with E-state index in [2.05, 4.69) is 5.32 Å². The van der Waals surface area contributed by atoms with Crippen LogP contribution in [0.2, 0.25) is 0 Å². The predicted molar refractivity (Wildman–Crippen MR) is 88.8 cm³/mol. The second kappa shape index (κ2) is 5.37. The summed E-state index contributed by atoms with van der Waals surface area (Å²) in [4.78, 5) is 12.5. The van der Waals surface area contributed by atoms with Crippen LogP contribution in [0.15, 0.2) is 40.8 Å². The molecular formula is C19H16FNO3. The summed E-state index contributed by atoms with van der Waals surface area (Å²) in [6.45, 7) is 1.99. The van der Waals surface area contributed by atoms with Crippen LogP contribution in [0.1, 0.15) is 22.8 Å². The van der Waals surface area contributed by atoms with Crippen LogP contribution in [0, 0.1) is 5.82 Å². The number of benzene rings is 2. The van der Waals surface area contributed by atoms with Gasteiger partial charge in [-0.3, -0.25) is 4.79 Å². The lowest BCUT2D eigenvalue weighted by atomic mass is 9.99. The van der Waals surface area contributed by atoms with E-state index in [1.807, 2.05) is 19.1 Å². The molecule has 2 heterocycles. The molecule has 4 rings (SSSR count). The van der Waals surface area contributed by atoms with E-state index in [4.69, 9.17) is 9.15 Å². The summed E-state index contributed by atoms with van der Waals surface area (Å²) in [5, 5.41) is 3.44. The van der Waals surface area contributed by atoms with Crippen LogP contribution in [0.5, 0.6) is 5.75 Å². The van der Waals surface area contributed by atoms with Gasteiger partial charge in [0, 0.05) is 30.0 Å². The lowest BCUT2D eigenvalue weighted by Gasteiger charge is -2.04. The standard InChI is InChI=1S/C19H16FNO3/c1-10-9-13-14(23-10)7-8-15-16(13)17(19(22)21-2)18(24-15)11-3-5-12(20)6-4-11/h3-8,10H,9H2,1-2H3,(H,21,22). The largest absolute Gasteiger partial charge is 0.490 e. The zero-order valence-electron chi connectivity index (χ0n) is 13.4. The molecule has 0 spiro atoms. The van der Waals surface area contributed by atoms with E-state index in [1.165, 1.54) is 12.1 Å². The number of ether oxygens (including phenoxy) is 1. The van der Waals surface area contributed by atoms with Crippen molar-refractivity contribution in [3.05, 3.63) is 53.3 Å². The molecule has 1 N–H and O–H groups in total. The smallest absolute Gasteiger partial charge is 0.255 e. The van der Waals surface area contributed by atoms with Gasteiger partial charge in [0.1, 0.15) is 29.0 Å². The molecule has 2 aromatic carbocycles. The number of amides is 1. The van der Waals surface area contributed by atoms with Crippen molar-refractivity contribution < 1.29 is 18.3 Å². The maximum atomic E-state index is 13.2. The average molecular weight is 325 g/mol. The number of carbonyl (C=O) groups is 1. The van der Waals surface area contributed by atoms with E-state index in [1.54, 1.807) is 19.2 Å². The lowest BCUT2D eigenvalue weighted by Crippen LogP contribution is -2.18. The highest BCUT2D eigenvalue weighted by atomic mass is 19.1. The van der Waals surface area contributed by atoms with E-state index >= 15 is 0 Å². The molecule has 4 nitrogen and oxygen atoms in total. The Morgan fingerprint density at radius 3 is 2.67 bits per heavy atom. The minimum Gasteiger partial charge on any atom is -0.490 e. The van der Waals surface area contributed by atoms with Crippen molar-refractivity contribution in [2.45, 2.75) is 19.4 Å². The molecule has 1 aliphatic heterocycles. The molecule has 24 heavy (non-hydrogen) atoms. The first-order chi connectivity index (χ1) is 11.6. The second-order valence-electron chi connectivity index (χ2n) is 5.94. The molecule has 0 saturated carbocycles. The van der Waals surface area contributed by atoms with Crippen LogP contribution in [0.4, 0.5) is 4.39 Å². The molecule has 122 valence electrons. The molecule has 1 amide bonds. The normalized spacial score (nSPS) is 16.0. The fourth-order valence-corrected chi connectivity index (χ4v) is 3.25. The van der Waals surface area contributed by atoms with Gasteiger partial charge in [0.2, 0.25) is 0 Å². The third kappa shape index (κ3) is 2.16. The van der Waals surface area contributed by atoms with Gasteiger partial charge in [0.25, 0.3) is 5.91 Å². The van der Waals surface area contributed by atoms with Crippen LogP contribution in [-0.2, 0) is 6.42 Å². The first-order valence-electron chi connectivity index (χ1n) is 7.81. The van der Waals surface area contributed by atoms with Crippen molar-refractivity contribution in [2.75, 3.05) is 7.05 Å². The Balaban J connectivity index is 2.03. The van der Waals surface area contributed by atoms with Crippen LogP contribution < -0.4 is 10.1 Å². The average Bonchev–Trinajstić information content (AvgIpc) is 3.14. The summed E-state index contributed by atoms with van der Waals surface area (Å²) >= 11 is 0. The lowest BCUT2D eigenvalue weighted by molar-refractivity contribution is 0.0964. The Morgan fingerprint density at radius 2 is 1.96 bits per heavy atom. The highest BCUT2D eigenvalue weighted by Crippen LogP contribution is 2.42. The van der Waals surface area contributed by atoms with Crippen molar-refractivity contribution in [3.63, 3.8) is 0 Å². The number of carbonyl (C=O) groups excluding carboxylic acids is 1. The molecule has 0 fully saturated rings. The molecule has 3 aromatic rings. The monoisotopic (exact) mass is 325 g/mol. The number of halogens is 1. The van der Waals surface area contributed by atoms with Crippen molar-refractivity contribution in [1.29, 1.82) is 0 Å². The number of hydrogen-bond donors (Lipinski definition) is 1. The third-order valence-electron chi connectivity index (χ3n) is 4.30. The fraction of sp³-hybridized carbons (Fsp3) is 0.211. The molecule has 0 radical (unpaired) electrons. The van der Waals surface area contributed by atoms with Gasteiger partial charge in [-0.1, -0.05) is 0 Å². The van der Waals surface area contributed by atoms with E-state index in [9.17, 15) is 9.18 Å². The molecule has 5 heteroatoms. The molecule has 1 aliphatic rings.